The summed E-state index contributed by atoms with van der Waals surface area (Å²) < 4.78 is 19.4. The van der Waals surface area contributed by atoms with Gasteiger partial charge in [0.15, 0.2) is 0 Å². The smallest absolute Gasteiger partial charge is 0.274 e. The van der Waals surface area contributed by atoms with Gasteiger partial charge >= 0.3 is 0 Å². The molecule has 1 amide bonds. The molecular formula is C21H20FN3O2. The maximum Gasteiger partial charge on any atom is 0.274 e. The molecule has 0 saturated heterocycles. The summed E-state index contributed by atoms with van der Waals surface area (Å²) >= 11 is 0. The minimum atomic E-state index is -0.360. The number of benzene rings is 2. The number of carbonyl (C=O) groups is 1. The highest BCUT2D eigenvalue weighted by atomic mass is 19.1. The Morgan fingerprint density at radius 1 is 1.00 bits per heavy atom. The molecule has 6 heteroatoms. The van der Waals surface area contributed by atoms with Crippen LogP contribution in [0.3, 0.4) is 0 Å². The molecule has 5 nitrogen and oxygen atoms in total. The third kappa shape index (κ3) is 4.82. The largest absolute Gasteiger partial charge is 0.489 e. The lowest BCUT2D eigenvalue weighted by atomic mass is 10.2. The Labute approximate surface area is 157 Å². The van der Waals surface area contributed by atoms with Crippen LogP contribution in [-0.2, 0) is 0 Å². The number of pyridine rings is 1. The van der Waals surface area contributed by atoms with Crippen molar-refractivity contribution in [2.45, 2.75) is 20.0 Å². The van der Waals surface area contributed by atoms with Gasteiger partial charge in [0, 0.05) is 0 Å². The molecule has 0 aliphatic rings. The summed E-state index contributed by atoms with van der Waals surface area (Å²) in [5.41, 5.74) is 1.75. The van der Waals surface area contributed by atoms with Gasteiger partial charge in [-0.3, -0.25) is 4.79 Å². The van der Waals surface area contributed by atoms with Gasteiger partial charge in [-0.25, -0.2) is 9.37 Å². The Balaban J connectivity index is 1.70. The normalized spacial score (nSPS) is 10.5. The van der Waals surface area contributed by atoms with Crippen molar-refractivity contribution in [1.82, 2.24) is 4.98 Å². The first kappa shape index (κ1) is 18.4. The molecule has 0 aliphatic carbocycles. The van der Waals surface area contributed by atoms with Gasteiger partial charge in [0.1, 0.15) is 17.3 Å². The number of para-hydroxylation sites is 3. The van der Waals surface area contributed by atoms with Crippen LogP contribution in [0.2, 0.25) is 0 Å². The van der Waals surface area contributed by atoms with E-state index >= 15 is 0 Å². The first-order chi connectivity index (χ1) is 13.0. The van der Waals surface area contributed by atoms with E-state index < -0.39 is 0 Å². The van der Waals surface area contributed by atoms with E-state index in [1.807, 2.05) is 26.0 Å². The fourth-order valence-corrected chi connectivity index (χ4v) is 2.43. The lowest BCUT2D eigenvalue weighted by molar-refractivity contribution is 0.102. The van der Waals surface area contributed by atoms with Crippen LogP contribution in [0.25, 0.3) is 0 Å². The van der Waals surface area contributed by atoms with Crippen molar-refractivity contribution in [1.29, 1.82) is 0 Å². The number of hydrogen-bond acceptors (Lipinski definition) is 4. The molecule has 27 heavy (non-hydrogen) atoms. The van der Waals surface area contributed by atoms with Crippen LogP contribution in [0.4, 0.5) is 21.5 Å². The van der Waals surface area contributed by atoms with Gasteiger partial charge < -0.3 is 15.4 Å². The van der Waals surface area contributed by atoms with Crippen molar-refractivity contribution in [3.63, 3.8) is 0 Å². The average Bonchev–Trinajstić information content (AvgIpc) is 2.65. The fourth-order valence-electron chi connectivity index (χ4n) is 2.43. The van der Waals surface area contributed by atoms with Crippen LogP contribution in [0, 0.1) is 5.82 Å². The molecule has 3 aromatic rings. The second-order valence-corrected chi connectivity index (χ2v) is 6.15. The van der Waals surface area contributed by atoms with E-state index in [-0.39, 0.29) is 23.5 Å². The van der Waals surface area contributed by atoms with Crippen LogP contribution >= 0.6 is 0 Å². The second-order valence-electron chi connectivity index (χ2n) is 6.15. The number of nitrogens with one attached hydrogen (secondary N) is 2. The number of amides is 1. The average molecular weight is 365 g/mol. The molecule has 0 unspecified atom stereocenters. The van der Waals surface area contributed by atoms with Gasteiger partial charge in [0.2, 0.25) is 0 Å². The quantitative estimate of drug-likeness (QED) is 0.645. The third-order valence-corrected chi connectivity index (χ3v) is 3.65. The minimum Gasteiger partial charge on any atom is -0.489 e. The predicted octanol–water partition coefficient (Wildman–Crippen LogP) is 5.00. The summed E-state index contributed by atoms with van der Waals surface area (Å²) in [5, 5.41) is 5.73. The zero-order chi connectivity index (χ0) is 19.2. The van der Waals surface area contributed by atoms with E-state index in [1.165, 1.54) is 12.3 Å². The molecular weight excluding hydrogens is 345 g/mol. The van der Waals surface area contributed by atoms with E-state index in [1.54, 1.807) is 42.5 Å². The van der Waals surface area contributed by atoms with Crippen molar-refractivity contribution in [3.05, 3.63) is 78.4 Å². The van der Waals surface area contributed by atoms with E-state index in [4.69, 9.17) is 4.74 Å². The van der Waals surface area contributed by atoms with Crippen LogP contribution in [0.15, 0.2) is 66.9 Å². The van der Waals surface area contributed by atoms with E-state index in [0.29, 0.717) is 22.8 Å². The van der Waals surface area contributed by atoms with Gasteiger partial charge in [-0.05, 0) is 50.2 Å². The van der Waals surface area contributed by atoms with Crippen molar-refractivity contribution in [2.75, 3.05) is 10.6 Å². The van der Waals surface area contributed by atoms with Crippen LogP contribution < -0.4 is 15.4 Å². The third-order valence-electron chi connectivity index (χ3n) is 3.65. The van der Waals surface area contributed by atoms with Gasteiger partial charge in [-0.2, -0.15) is 0 Å². The molecule has 3 rings (SSSR count). The molecule has 0 aliphatic heterocycles. The fraction of sp³-hybridized carbons (Fsp3) is 0.143. The second kappa shape index (κ2) is 8.31. The molecule has 0 atom stereocenters. The molecule has 1 aromatic heterocycles. The molecule has 2 aromatic carbocycles. The Morgan fingerprint density at radius 2 is 1.70 bits per heavy atom. The molecule has 1 heterocycles. The molecule has 0 saturated carbocycles. The van der Waals surface area contributed by atoms with Crippen molar-refractivity contribution >= 4 is 23.0 Å². The molecule has 0 spiro atoms. The Bertz CT molecular complexity index is 927. The minimum absolute atomic E-state index is 0.00934. The topological polar surface area (TPSA) is 63.2 Å². The summed E-state index contributed by atoms with van der Waals surface area (Å²) in [4.78, 5) is 16.6. The molecule has 0 fully saturated rings. The lowest BCUT2D eigenvalue weighted by Gasteiger charge is -2.14. The molecule has 138 valence electrons. The van der Waals surface area contributed by atoms with Gasteiger partial charge in [0.25, 0.3) is 5.91 Å². The SMILES string of the molecule is CC(C)Oc1ccccc1NC(=O)c1ccc(Nc2ccccc2F)cn1. The molecule has 0 bridgehead atoms. The lowest BCUT2D eigenvalue weighted by Crippen LogP contribution is -2.15. The molecule has 2 N–H and O–H groups in total. The Kier molecular flexibility index (Phi) is 5.66. The summed E-state index contributed by atoms with van der Waals surface area (Å²) in [6, 6.07) is 16.8. The van der Waals surface area contributed by atoms with Gasteiger partial charge in [0.05, 0.1) is 29.4 Å². The first-order valence-electron chi connectivity index (χ1n) is 8.57. The van der Waals surface area contributed by atoms with Crippen molar-refractivity contribution in [2.24, 2.45) is 0 Å². The summed E-state index contributed by atoms with van der Waals surface area (Å²) in [5.74, 6) is -0.119. The Hall–Kier alpha value is -3.41. The zero-order valence-corrected chi connectivity index (χ0v) is 15.1. The van der Waals surface area contributed by atoms with Crippen LogP contribution in [0.1, 0.15) is 24.3 Å². The monoisotopic (exact) mass is 365 g/mol. The van der Waals surface area contributed by atoms with Crippen LogP contribution in [-0.4, -0.2) is 17.0 Å². The number of halogens is 1. The highest BCUT2D eigenvalue weighted by Crippen LogP contribution is 2.25. The highest BCUT2D eigenvalue weighted by Gasteiger charge is 2.12. The number of carbonyl (C=O) groups excluding carboxylic acids is 1. The maximum absolute atomic E-state index is 13.7. The van der Waals surface area contributed by atoms with E-state index in [2.05, 4.69) is 15.6 Å². The van der Waals surface area contributed by atoms with Crippen molar-refractivity contribution < 1.29 is 13.9 Å². The van der Waals surface area contributed by atoms with Gasteiger partial charge in [-0.1, -0.05) is 24.3 Å². The van der Waals surface area contributed by atoms with Crippen LogP contribution in [0.5, 0.6) is 5.75 Å². The van der Waals surface area contributed by atoms with E-state index in [0.717, 1.165) is 0 Å². The van der Waals surface area contributed by atoms with Gasteiger partial charge in [-0.15, -0.1) is 0 Å². The van der Waals surface area contributed by atoms with E-state index in [9.17, 15) is 9.18 Å². The Morgan fingerprint density at radius 3 is 2.37 bits per heavy atom. The summed E-state index contributed by atoms with van der Waals surface area (Å²) in [7, 11) is 0. The first-order valence-corrected chi connectivity index (χ1v) is 8.57. The highest BCUT2D eigenvalue weighted by molar-refractivity contribution is 6.03. The number of nitrogens with zero attached hydrogens (tertiary/aromatic N) is 1. The number of rotatable bonds is 6. The maximum atomic E-state index is 13.7. The zero-order valence-electron chi connectivity index (χ0n) is 15.1. The number of hydrogen-bond donors (Lipinski definition) is 2. The summed E-state index contributed by atoms with van der Waals surface area (Å²) in [6.45, 7) is 3.84. The molecule has 0 radical (unpaired) electrons. The number of anilines is 3. The predicted molar refractivity (Wildman–Crippen MR) is 104 cm³/mol. The standard InChI is InChI=1S/C21H20FN3O2/c1-14(2)27-20-10-6-5-9-18(20)25-21(26)19-12-11-15(13-23-19)24-17-8-4-3-7-16(17)22/h3-14,24H,1-2H3,(H,25,26). The number of ether oxygens (including phenoxy) is 1. The number of aromatic nitrogens is 1. The van der Waals surface area contributed by atoms with Crippen molar-refractivity contribution in [3.8, 4) is 5.75 Å². The summed E-state index contributed by atoms with van der Waals surface area (Å²) in [6.07, 6.45) is 1.47.